The number of benzene rings is 1. The van der Waals surface area contributed by atoms with Crippen molar-refractivity contribution in [3.8, 4) is 0 Å². The van der Waals surface area contributed by atoms with E-state index in [0.717, 1.165) is 24.0 Å². The summed E-state index contributed by atoms with van der Waals surface area (Å²) < 4.78 is 5.64. The summed E-state index contributed by atoms with van der Waals surface area (Å²) in [7, 11) is 0. The zero-order valence-electron chi connectivity index (χ0n) is 11.4. The highest BCUT2D eigenvalue weighted by Gasteiger charge is 2.28. The molecular weight excluding hydrogens is 234 g/mol. The molecule has 2 nitrogen and oxygen atoms in total. The van der Waals surface area contributed by atoms with Crippen LogP contribution in [0.4, 0.5) is 0 Å². The zero-order valence-corrected chi connectivity index (χ0v) is 11.4. The van der Waals surface area contributed by atoms with Gasteiger partial charge in [0.2, 0.25) is 0 Å². The molecule has 1 aliphatic rings. The molecule has 1 aromatic carbocycles. The van der Waals surface area contributed by atoms with Crippen molar-refractivity contribution in [1.29, 1.82) is 0 Å². The fourth-order valence-electron chi connectivity index (χ4n) is 2.78. The van der Waals surface area contributed by atoms with Crippen molar-refractivity contribution in [2.75, 3.05) is 0 Å². The Balaban J connectivity index is 1.69. The Morgan fingerprint density at radius 3 is 2.53 bits per heavy atom. The van der Waals surface area contributed by atoms with Crippen LogP contribution >= 0.6 is 0 Å². The molecule has 2 heteroatoms. The Morgan fingerprint density at radius 1 is 1.16 bits per heavy atom. The average Bonchev–Trinajstić information content (AvgIpc) is 2.79. The summed E-state index contributed by atoms with van der Waals surface area (Å²) in [5.74, 6) is 2.79. The van der Waals surface area contributed by atoms with Crippen LogP contribution < -0.4 is 5.32 Å². The lowest BCUT2D eigenvalue weighted by atomic mass is 9.77. The Kier molecular flexibility index (Phi) is 3.69. The van der Waals surface area contributed by atoms with Crippen molar-refractivity contribution in [3.63, 3.8) is 0 Å². The van der Waals surface area contributed by atoms with E-state index in [2.05, 4.69) is 41.7 Å². The van der Waals surface area contributed by atoms with Crippen LogP contribution in [0.25, 0.3) is 0 Å². The highest BCUT2D eigenvalue weighted by atomic mass is 16.3. The minimum atomic E-state index is 0.459. The lowest BCUT2D eigenvalue weighted by Crippen LogP contribution is -2.31. The van der Waals surface area contributed by atoms with Gasteiger partial charge in [-0.3, -0.25) is 0 Å². The molecule has 1 fully saturated rings. The van der Waals surface area contributed by atoms with Crippen LogP contribution in [0.2, 0.25) is 0 Å². The topological polar surface area (TPSA) is 25.2 Å². The summed E-state index contributed by atoms with van der Waals surface area (Å²) in [5.41, 5.74) is 1.40. The van der Waals surface area contributed by atoms with Crippen LogP contribution in [0.15, 0.2) is 46.9 Å². The molecule has 1 aromatic heterocycles. The predicted molar refractivity (Wildman–Crippen MR) is 76.8 cm³/mol. The minimum absolute atomic E-state index is 0.459. The van der Waals surface area contributed by atoms with E-state index in [1.54, 1.807) is 0 Å². The molecule has 19 heavy (non-hydrogen) atoms. The Morgan fingerprint density at radius 2 is 1.95 bits per heavy atom. The molecule has 2 aromatic rings. The predicted octanol–water partition coefficient (Wildman–Crippen LogP) is 4.22. The molecule has 1 heterocycles. The summed E-state index contributed by atoms with van der Waals surface area (Å²) in [6.07, 6.45) is 4.04. The van der Waals surface area contributed by atoms with Gasteiger partial charge in [0.1, 0.15) is 11.5 Å². The average molecular weight is 255 g/mol. The molecule has 100 valence electrons. The van der Waals surface area contributed by atoms with E-state index < -0.39 is 0 Å². The number of nitrogens with one attached hydrogen (secondary N) is 1. The van der Waals surface area contributed by atoms with Gasteiger partial charge in [0, 0.05) is 6.04 Å². The van der Waals surface area contributed by atoms with Gasteiger partial charge < -0.3 is 9.73 Å². The van der Waals surface area contributed by atoms with E-state index in [9.17, 15) is 0 Å². The largest absolute Gasteiger partial charge is 0.465 e. The first kappa shape index (κ1) is 12.5. The first-order valence-corrected chi connectivity index (χ1v) is 7.16. The standard InChI is InChI=1S/C17H21NO/c1-13-10-11-16(19-13)12-18-17(15-8-5-9-15)14-6-3-2-4-7-14/h2-4,6-7,10-11,15,17-18H,5,8-9,12H2,1H3. The molecule has 1 atom stereocenters. The number of hydrogen-bond acceptors (Lipinski definition) is 2. The number of rotatable bonds is 5. The normalized spacial score (nSPS) is 17.1. The minimum Gasteiger partial charge on any atom is -0.465 e. The summed E-state index contributed by atoms with van der Waals surface area (Å²) in [5, 5.41) is 3.67. The first-order valence-electron chi connectivity index (χ1n) is 7.16. The van der Waals surface area contributed by atoms with Gasteiger partial charge in [0.25, 0.3) is 0 Å². The van der Waals surface area contributed by atoms with E-state index in [-0.39, 0.29) is 0 Å². The zero-order chi connectivity index (χ0) is 13.1. The van der Waals surface area contributed by atoms with Crippen molar-refractivity contribution in [3.05, 3.63) is 59.5 Å². The van der Waals surface area contributed by atoms with Gasteiger partial charge >= 0.3 is 0 Å². The van der Waals surface area contributed by atoms with E-state index in [4.69, 9.17) is 4.42 Å². The van der Waals surface area contributed by atoms with E-state index in [0.29, 0.717) is 6.04 Å². The summed E-state index contributed by atoms with van der Waals surface area (Å²) in [6.45, 7) is 2.80. The van der Waals surface area contributed by atoms with Crippen molar-refractivity contribution in [2.24, 2.45) is 5.92 Å². The van der Waals surface area contributed by atoms with E-state index >= 15 is 0 Å². The van der Waals surface area contributed by atoms with Crippen LogP contribution in [0.3, 0.4) is 0 Å². The number of furan rings is 1. The molecule has 1 unspecified atom stereocenters. The van der Waals surface area contributed by atoms with Crippen LogP contribution in [-0.2, 0) is 6.54 Å². The van der Waals surface area contributed by atoms with Crippen LogP contribution in [0, 0.1) is 12.8 Å². The maximum Gasteiger partial charge on any atom is 0.117 e. The third-order valence-electron chi connectivity index (χ3n) is 4.07. The molecule has 1 N–H and O–H groups in total. The summed E-state index contributed by atoms with van der Waals surface area (Å²) in [6, 6.07) is 15.3. The van der Waals surface area contributed by atoms with Gasteiger partial charge in [-0.15, -0.1) is 0 Å². The molecular formula is C17H21NO. The Labute approximate surface area is 114 Å². The van der Waals surface area contributed by atoms with E-state index in [1.165, 1.54) is 24.8 Å². The highest BCUT2D eigenvalue weighted by Crippen LogP contribution is 2.37. The molecule has 0 saturated heterocycles. The quantitative estimate of drug-likeness (QED) is 0.865. The highest BCUT2D eigenvalue weighted by molar-refractivity contribution is 5.20. The second-order valence-electron chi connectivity index (χ2n) is 5.47. The third kappa shape index (κ3) is 2.90. The molecule has 0 amide bonds. The van der Waals surface area contributed by atoms with E-state index in [1.807, 2.05) is 13.0 Å². The summed E-state index contributed by atoms with van der Waals surface area (Å²) in [4.78, 5) is 0. The molecule has 0 aliphatic heterocycles. The summed E-state index contributed by atoms with van der Waals surface area (Å²) >= 11 is 0. The second-order valence-corrected chi connectivity index (χ2v) is 5.47. The SMILES string of the molecule is Cc1ccc(CNC(c2ccccc2)C2CCC2)o1. The van der Waals surface area contributed by atoms with Gasteiger partial charge in [0.05, 0.1) is 6.54 Å². The lowest BCUT2D eigenvalue weighted by Gasteiger charge is -2.34. The van der Waals surface area contributed by atoms with Crippen molar-refractivity contribution >= 4 is 0 Å². The van der Waals surface area contributed by atoms with Gasteiger partial charge in [0.15, 0.2) is 0 Å². The molecule has 1 aliphatic carbocycles. The fourth-order valence-corrected chi connectivity index (χ4v) is 2.78. The van der Waals surface area contributed by atoms with Crippen LogP contribution in [0.1, 0.15) is 42.4 Å². The maximum atomic E-state index is 5.64. The van der Waals surface area contributed by atoms with Crippen molar-refractivity contribution < 1.29 is 4.42 Å². The lowest BCUT2D eigenvalue weighted by molar-refractivity contribution is 0.225. The van der Waals surface area contributed by atoms with Crippen LogP contribution in [0.5, 0.6) is 0 Å². The fraction of sp³-hybridized carbons (Fsp3) is 0.412. The van der Waals surface area contributed by atoms with Gasteiger partial charge in [-0.05, 0) is 43.4 Å². The number of hydrogen-bond donors (Lipinski definition) is 1. The second kappa shape index (κ2) is 5.62. The Bertz CT molecular complexity index is 513. The van der Waals surface area contributed by atoms with Crippen molar-refractivity contribution in [2.45, 2.75) is 38.8 Å². The number of aryl methyl sites for hydroxylation is 1. The van der Waals surface area contributed by atoms with Gasteiger partial charge in [-0.2, -0.15) is 0 Å². The van der Waals surface area contributed by atoms with Crippen molar-refractivity contribution in [1.82, 2.24) is 5.32 Å². The maximum absolute atomic E-state index is 5.64. The molecule has 3 rings (SSSR count). The Hall–Kier alpha value is -1.54. The third-order valence-corrected chi connectivity index (χ3v) is 4.07. The molecule has 0 radical (unpaired) electrons. The molecule has 0 spiro atoms. The monoisotopic (exact) mass is 255 g/mol. The molecule has 1 saturated carbocycles. The smallest absolute Gasteiger partial charge is 0.117 e. The van der Waals surface area contributed by atoms with Gasteiger partial charge in [-0.1, -0.05) is 36.8 Å². The molecule has 0 bridgehead atoms. The van der Waals surface area contributed by atoms with Crippen LogP contribution in [-0.4, -0.2) is 0 Å². The van der Waals surface area contributed by atoms with Gasteiger partial charge in [-0.25, -0.2) is 0 Å². The first-order chi connectivity index (χ1) is 9.33.